The summed E-state index contributed by atoms with van der Waals surface area (Å²) in [7, 11) is 1.61. The average Bonchev–Trinajstić information content (AvgIpc) is 2.73. The summed E-state index contributed by atoms with van der Waals surface area (Å²) in [5.41, 5.74) is 0.934. The van der Waals surface area contributed by atoms with Crippen LogP contribution in [0.2, 0.25) is 0 Å². The number of carboxylic acids is 1. The number of aromatic nitrogens is 1. The number of methoxy groups -OCH3 is 1. The van der Waals surface area contributed by atoms with Crippen molar-refractivity contribution in [3.8, 4) is 0 Å². The number of nitrogens with zero attached hydrogens (tertiary/aromatic N) is 2. The van der Waals surface area contributed by atoms with Crippen LogP contribution in [-0.2, 0) is 22.5 Å². The van der Waals surface area contributed by atoms with Gasteiger partial charge in [0, 0.05) is 25.6 Å². The van der Waals surface area contributed by atoms with E-state index in [4.69, 9.17) is 9.84 Å². The molecule has 0 atom stereocenters. The van der Waals surface area contributed by atoms with Crippen LogP contribution in [0.15, 0.2) is 5.38 Å². The zero-order valence-electron chi connectivity index (χ0n) is 10.2. The lowest BCUT2D eigenvalue weighted by molar-refractivity contribution is -0.138. The molecule has 0 radical (unpaired) electrons. The van der Waals surface area contributed by atoms with Gasteiger partial charge >= 0.3 is 5.97 Å². The van der Waals surface area contributed by atoms with Crippen molar-refractivity contribution in [1.82, 2.24) is 9.88 Å². The van der Waals surface area contributed by atoms with E-state index in [9.17, 15) is 4.79 Å². The maximum Gasteiger partial charge on any atom is 0.317 e. The summed E-state index contributed by atoms with van der Waals surface area (Å²) < 4.78 is 4.97. The van der Waals surface area contributed by atoms with E-state index in [-0.39, 0.29) is 6.54 Å². The van der Waals surface area contributed by atoms with Gasteiger partial charge in [0.15, 0.2) is 0 Å². The van der Waals surface area contributed by atoms with E-state index < -0.39 is 5.97 Å². The maximum atomic E-state index is 10.7. The van der Waals surface area contributed by atoms with E-state index in [0.717, 1.165) is 17.1 Å². The van der Waals surface area contributed by atoms with Crippen molar-refractivity contribution in [3.05, 3.63) is 16.1 Å². The molecule has 0 unspecified atom stereocenters. The molecule has 96 valence electrons. The lowest BCUT2D eigenvalue weighted by Gasteiger charge is -2.18. The third-order valence-electron chi connectivity index (χ3n) is 2.26. The molecule has 6 heteroatoms. The van der Waals surface area contributed by atoms with E-state index in [1.54, 1.807) is 18.4 Å². The van der Waals surface area contributed by atoms with Crippen molar-refractivity contribution in [2.24, 2.45) is 0 Å². The van der Waals surface area contributed by atoms with E-state index in [2.05, 4.69) is 11.9 Å². The molecule has 1 N–H and O–H groups in total. The quantitative estimate of drug-likeness (QED) is 0.760. The molecule has 0 aliphatic carbocycles. The predicted octanol–water partition coefficient (Wildman–Crippen LogP) is 1.24. The Morgan fingerprint density at radius 2 is 2.41 bits per heavy atom. The predicted molar refractivity (Wildman–Crippen MR) is 66.3 cm³/mol. The van der Waals surface area contributed by atoms with E-state index in [0.29, 0.717) is 19.7 Å². The third-order valence-corrected chi connectivity index (χ3v) is 3.30. The van der Waals surface area contributed by atoms with Gasteiger partial charge in [-0.2, -0.15) is 0 Å². The highest BCUT2D eigenvalue weighted by molar-refractivity contribution is 7.09. The van der Waals surface area contributed by atoms with Crippen LogP contribution in [-0.4, -0.2) is 47.8 Å². The molecule has 17 heavy (non-hydrogen) atoms. The van der Waals surface area contributed by atoms with Gasteiger partial charge in [0.2, 0.25) is 0 Å². The number of aryl methyl sites for hydroxylation is 1. The second kappa shape index (κ2) is 7.37. The number of carboxylic acid groups (broad SMARTS) is 1. The van der Waals surface area contributed by atoms with Crippen molar-refractivity contribution in [1.29, 1.82) is 0 Å². The Balaban J connectivity index is 2.54. The molecule has 1 heterocycles. The standard InChI is InChI=1S/C11H18N2O3S/c1-3-10-12-9(8-17-10)6-13(4-5-16-2)7-11(14)15/h8H,3-7H2,1-2H3,(H,14,15). The summed E-state index contributed by atoms with van der Waals surface area (Å²) >= 11 is 1.62. The zero-order valence-corrected chi connectivity index (χ0v) is 11.0. The highest BCUT2D eigenvalue weighted by Crippen LogP contribution is 2.12. The van der Waals surface area contributed by atoms with E-state index >= 15 is 0 Å². The molecule has 0 aliphatic heterocycles. The average molecular weight is 258 g/mol. The lowest BCUT2D eigenvalue weighted by atomic mass is 10.4. The Hall–Kier alpha value is -0.980. The third kappa shape index (κ3) is 5.25. The van der Waals surface area contributed by atoms with Crippen LogP contribution in [0.3, 0.4) is 0 Å². The molecule has 0 spiro atoms. The zero-order chi connectivity index (χ0) is 12.7. The van der Waals surface area contributed by atoms with Crippen LogP contribution < -0.4 is 0 Å². The molecule has 1 aromatic rings. The van der Waals surface area contributed by atoms with Crippen molar-refractivity contribution >= 4 is 17.3 Å². The number of carbonyl (C=O) groups is 1. The molecule has 0 bridgehead atoms. The number of hydrogen-bond acceptors (Lipinski definition) is 5. The molecule has 0 saturated carbocycles. The highest BCUT2D eigenvalue weighted by Gasteiger charge is 2.11. The summed E-state index contributed by atoms with van der Waals surface area (Å²) in [6, 6.07) is 0. The first kappa shape index (κ1) is 14.1. The summed E-state index contributed by atoms with van der Waals surface area (Å²) in [6.07, 6.45) is 0.918. The molecule has 0 amide bonds. The Kier molecular flexibility index (Phi) is 6.10. The molecule has 5 nitrogen and oxygen atoms in total. The van der Waals surface area contributed by atoms with Crippen molar-refractivity contribution in [2.45, 2.75) is 19.9 Å². The summed E-state index contributed by atoms with van der Waals surface area (Å²) in [5, 5.41) is 11.9. The fourth-order valence-electron chi connectivity index (χ4n) is 1.44. The van der Waals surface area contributed by atoms with Crippen LogP contribution in [0.1, 0.15) is 17.6 Å². The minimum absolute atomic E-state index is 0.0162. The largest absolute Gasteiger partial charge is 0.480 e. The van der Waals surface area contributed by atoms with Crippen LogP contribution in [0.5, 0.6) is 0 Å². The molecule has 0 aromatic carbocycles. The first-order valence-electron chi connectivity index (χ1n) is 5.52. The molecular formula is C11H18N2O3S. The second-order valence-corrected chi connectivity index (χ2v) is 4.63. The lowest BCUT2D eigenvalue weighted by Crippen LogP contribution is -2.32. The number of hydrogen-bond donors (Lipinski definition) is 1. The number of rotatable bonds is 8. The second-order valence-electron chi connectivity index (χ2n) is 3.68. The highest BCUT2D eigenvalue weighted by atomic mass is 32.1. The van der Waals surface area contributed by atoms with Crippen LogP contribution >= 0.6 is 11.3 Å². The molecule has 0 saturated heterocycles. The van der Waals surface area contributed by atoms with Crippen molar-refractivity contribution < 1.29 is 14.6 Å². The fourth-order valence-corrected chi connectivity index (χ4v) is 2.17. The first-order valence-corrected chi connectivity index (χ1v) is 6.40. The summed E-state index contributed by atoms with van der Waals surface area (Å²) in [5.74, 6) is -0.827. The number of ether oxygens (including phenoxy) is 1. The molecule has 1 rings (SSSR count). The molecule has 0 fully saturated rings. The van der Waals surface area contributed by atoms with Gasteiger partial charge in [-0.05, 0) is 6.42 Å². The minimum Gasteiger partial charge on any atom is -0.480 e. The summed E-state index contributed by atoms with van der Waals surface area (Å²) in [6.45, 7) is 3.76. The van der Waals surface area contributed by atoms with Gasteiger partial charge < -0.3 is 9.84 Å². The Bertz CT molecular complexity index is 354. The van der Waals surface area contributed by atoms with Crippen molar-refractivity contribution in [2.75, 3.05) is 26.8 Å². The first-order chi connectivity index (χ1) is 8.15. The Morgan fingerprint density at radius 1 is 1.65 bits per heavy atom. The summed E-state index contributed by atoms with van der Waals surface area (Å²) in [4.78, 5) is 17.0. The van der Waals surface area contributed by atoms with Gasteiger partial charge in [0.1, 0.15) is 0 Å². The van der Waals surface area contributed by atoms with Crippen molar-refractivity contribution in [3.63, 3.8) is 0 Å². The number of aliphatic carboxylic acids is 1. The topological polar surface area (TPSA) is 62.7 Å². The van der Waals surface area contributed by atoms with Crippen LogP contribution in [0.4, 0.5) is 0 Å². The van der Waals surface area contributed by atoms with Crippen LogP contribution in [0.25, 0.3) is 0 Å². The normalized spacial score (nSPS) is 11.0. The molecular weight excluding hydrogens is 240 g/mol. The SMILES string of the molecule is CCc1nc(CN(CCOC)CC(=O)O)cs1. The molecule has 0 aliphatic rings. The monoisotopic (exact) mass is 258 g/mol. The van der Waals surface area contributed by atoms with Gasteiger partial charge in [0.25, 0.3) is 0 Å². The minimum atomic E-state index is -0.827. The number of thiazole rings is 1. The van der Waals surface area contributed by atoms with Gasteiger partial charge in [0.05, 0.1) is 23.9 Å². The Labute approximate surface area is 105 Å². The smallest absolute Gasteiger partial charge is 0.317 e. The van der Waals surface area contributed by atoms with Gasteiger partial charge in [-0.25, -0.2) is 4.98 Å². The fraction of sp³-hybridized carbons (Fsp3) is 0.636. The molecule has 1 aromatic heterocycles. The van der Waals surface area contributed by atoms with E-state index in [1.165, 1.54) is 0 Å². The maximum absolute atomic E-state index is 10.7. The van der Waals surface area contributed by atoms with Gasteiger partial charge in [-0.3, -0.25) is 9.69 Å². The van der Waals surface area contributed by atoms with Crippen LogP contribution in [0, 0.1) is 0 Å². The van der Waals surface area contributed by atoms with E-state index in [1.807, 2.05) is 10.3 Å². The van der Waals surface area contributed by atoms with Gasteiger partial charge in [-0.1, -0.05) is 6.92 Å². The van der Waals surface area contributed by atoms with Gasteiger partial charge in [-0.15, -0.1) is 11.3 Å². The Morgan fingerprint density at radius 3 is 2.94 bits per heavy atom.